The summed E-state index contributed by atoms with van der Waals surface area (Å²) in [7, 11) is 0. The number of hydrogen-bond donors (Lipinski definition) is 2. The number of amides is 1. The molecule has 0 aromatic heterocycles. The molecule has 2 aromatic rings. The second-order valence-electron chi connectivity index (χ2n) is 4.38. The van der Waals surface area contributed by atoms with E-state index in [1.165, 1.54) is 0 Å². The van der Waals surface area contributed by atoms with Crippen molar-refractivity contribution in [2.75, 3.05) is 0 Å². The van der Waals surface area contributed by atoms with E-state index in [0.29, 0.717) is 28.0 Å². The van der Waals surface area contributed by atoms with Crippen molar-refractivity contribution in [2.24, 2.45) is 5.73 Å². The second kappa shape index (κ2) is 7.45. The minimum absolute atomic E-state index is 0.0767. The molecule has 3 N–H and O–H groups in total. The number of hydrogen-bond acceptors (Lipinski definition) is 3. The summed E-state index contributed by atoms with van der Waals surface area (Å²) in [5.41, 5.74) is 6.54. The Morgan fingerprint density at radius 2 is 1.95 bits per heavy atom. The van der Waals surface area contributed by atoms with Gasteiger partial charge in [0.2, 0.25) is 0 Å². The lowest BCUT2D eigenvalue weighted by Crippen LogP contribution is -2.34. The molecule has 7 heteroatoms. The zero-order valence-electron chi connectivity index (χ0n) is 11.3. The van der Waals surface area contributed by atoms with Gasteiger partial charge in [-0.15, -0.1) is 0 Å². The van der Waals surface area contributed by atoms with Crippen LogP contribution in [0.4, 0.5) is 0 Å². The number of nitrogens with two attached hydrogens (primary N) is 1. The van der Waals surface area contributed by atoms with Crippen LogP contribution in [0.25, 0.3) is 0 Å². The number of halogens is 2. The molecule has 0 unspecified atom stereocenters. The van der Waals surface area contributed by atoms with Crippen molar-refractivity contribution >= 4 is 46.4 Å². The van der Waals surface area contributed by atoms with Gasteiger partial charge in [0.25, 0.3) is 5.91 Å². The molecule has 22 heavy (non-hydrogen) atoms. The minimum Gasteiger partial charge on any atom is -0.489 e. The van der Waals surface area contributed by atoms with Crippen LogP contribution >= 0.6 is 35.4 Å². The summed E-state index contributed by atoms with van der Waals surface area (Å²) < 4.78 is 5.64. The predicted octanol–water partition coefficient (Wildman–Crippen LogP) is 3.55. The summed E-state index contributed by atoms with van der Waals surface area (Å²) in [6.45, 7) is 0.303. The lowest BCUT2D eigenvalue weighted by molar-refractivity contribution is 0.0977. The van der Waals surface area contributed by atoms with Crippen LogP contribution in [0.5, 0.6) is 5.75 Å². The molecule has 0 heterocycles. The SMILES string of the molecule is NC(=S)NC(=O)c1cccc(OCc2ccc(Cl)c(Cl)c2)c1. The third-order valence-corrected chi connectivity index (χ3v) is 3.56. The van der Waals surface area contributed by atoms with Gasteiger partial charge in [-0.05, 0) is 48.1 Å². The van der Waals surface area contributed by atoms with Crippen LogP contribution in [0.2, 0.25) is 10.0 Å². The Balaban J connectivity index is 2.05. The highest BCUT2D eigenvalue weighted by Crippen LogP contribution is 2.23. The van der Waals surface area contributed by atoms with Crippen LogP contribution in [0.3, 0.4) is 0 Å². The summed E-state index contributed by atoms with van der Waals surface area (Å²) in [6, 6.07) is 11.9. The van der Waals surface area contributed by atoms with Gasteiger partial charge < -0.3 is 10.5 Å². The Morgan fingerprint density at radius 3 is 2.64 bits per heavy atom. The van der Waals surface area contributed by atoms with Gasteiger partial charge in [0, 0.05) is 5.56 Å². The zero-order chi connectivity index (χ0) is 16.1. The maximum absolute atomic E-state index is 11.8. The number of carbonyl (C=O) groups is 1. The Bertz CT molecular complexity index is 722. The molecule has 0 saturated carbocycles. The largest absolute Gasteiger partial charge is 0.489 e. The van der Waals surface area contributed by atoms with Gasteiger partial charge in [-0.1, -0.05) is 35.3 Å². The van der Waals surface area contributed by atoms with Gasteiger partial charge in [-0.3, -0.25) is 10.1 Å². The molecule has 114 valence electrons. The van der Waals surface area contributed by atoms with Crippen LogP contribution < -0.4 is 15.8 Å². The highest BCUT2D eigenvalue weighted by molar-refractivity contribution is 7.80. The van der Waals surface area contributed by atoms with Gasteiger partial charge in [-0.25, -0.2) is 0 Å². The standard InChI is InChI=1S/C15H12Cl2N2O2S/c16-12-5-4-9(6-13(12)17)8-21-11-3-1-2-10(7-11)14(20)19-15(18)22/h1-7H,8H2,(H3,18,19,20,22). The van der Waals surface area contributed by atoms with Crippen LogP contribution in [-0.2, 0) is 6.61 Å². The molecule has 0 aliphatic carbocycles. The van der Waals surface area contributed by atoms with Crippen LogP contribution in [0.15, 0.2) is 42.5 Å². The Kier molecular flexibility index (Phi) is 5.60. The highest BCUT2D eigenvalue weighted by atomic mass is 35.5. The summed E-state index contributed by atoms with van der Waals surface area (Å²) >= 11 is 16.4. The van der Waals surface area contributed by atoms with Crippen molar-refractivity contribution in [1.29, 1.82) is 0 Å². The Morgan fingerprint density at radius 1 is 1.18 bits per heavy atom. The molecule has 2 rings (SSSR count). The third kappa shape index (κ3) is 4.59. The van der Waals surface area contributed by atoms with Crippen LogP contribution in [0.1, 0.15) is 15.9 Å². The fraction of sp³-hybridized carbons (Fsp3) is 0.0667. The average Bonchev–Trinajstić information content (AvgIpc) is 2.48. The summed E-state index contributed by atoms with van der Waals surface area (Å²) in [4.78, 5) is 11.8. The molecule has 0 atom stereocenters. The predicted molar refractivity (Wildman–Crippen MR) is 91.5 cm³/mol. The van der Waals surface area contributed by atoms with E-state index in [1.807, 2.05) is 6.07 Å². The number of rotatable bonds is 4. The molecule has 0 spiro atoms. The maximum Gasteiger partial charge on any atom is 0.257 e. The van der Waals surface area contributed by atoms with Crippen molar-refractivity contribution in [3.05, 3.63) is 63.6 Å². The normalized spacial score (nSPS) is 10.1. The highest BCUT2D eigenvalue weighted by Gasteiger charge is 2.07. The first-order chi connectivity index (χ1) is 10.5. The fourth-order valence-corrected chi connectivity index (χ4v) is 2.12. The van der Waals surface area contributed by atoms with E-state index in [1.54, 1.807) is 36.4 Å². The molecule has 0 saturated heterocycles. The van der Waals surface area contributed by atoms with E-state index in [0.717, 1.165) is 5.56 Å². The van der Waals surface area contributed by atoms with E-state index in [4.69, 9.17) is 33.7 Å². The zero-order valence-corrected chi connectivity index (χ0v) is 13.6. The van der Waals surface area contributed by atoms with E-state index in [-0.39, 0.29) is 11.0 Å². The lowest BCUT2D eigenvalue weighted by Gasteiger charge is -2.09. The van der Waals surface area contributed by atoms with Crippen LogP contribution in [-0.4, -0.2) is 11.0 Å². The van der Waals surface area contributed by atoms with E-state index in [9.17, 15) is 4.79 Å². The first-order valence-corrected chi connectivity index (χ1v) is 7.39. The van der Waals surface area contributed by atoms with Gasteiger partial charge in [-0.2, -0.15) is 0 Å². The molecule has 0 bridgehead atoms. The number of ether oxygens (including phenoxy) is 1. The van der Waals surface area contributed by atoms with Crippen molar-refractivity contribution < 1.29 is 9.53 Å². The summed E-state index contributed by atoms with van der Waals surface area (Å²) in [5.74, 6) is 0.161. The van der Waals surface area contributed by atoms with Gasteiger partial charge in [0.15, 0.2) is 5.11 Å². The molecule has 0 aliphatic heterocycles. The molecular formula is C15H12Cl2N2O2S. The first-order valence-electron chi connectivity index (χ1n) is 6.23. The molecule has 4 nitrogen and oxygen atoms in total. The van der Waals surface area contributed by atoms with Crippen molar-refractivity contribution in [3.8, 4) is 5.75 Å². The van der Waals surface area contributed by atoms with Crippen LogP contribution in [0, 0.1) is 0 Å². The minimum atomic E-state index is -0.382. The number of thiocarbonyl (C=S) groups is 1. The van der Waals surface area contributed by atoms with Gasteiger partial charge in [0.1, 0.15) is 12.4 Å². The second-order valence-corrected chi connectivity index (χ2v) is 5.64. The van der Waals surface area contributed by atoms with Crippen molar-refractivity contribution in [3.63, 3.8) is 0 Å². The first kappa shape index (κ1) is 16.5. The molecule has 0 fully saturated rings. The average molecular weight is 355 g/mol. The maximum atomic E-state index is 11.8. The van der Waals surface area contributed by atoms with E-state index in [2.05, 4.69) is 17.5 Å². The molecule has 2 aromatic carbocycles. The smallest absolute Gasteiger partial charge is 0.257 e. The van der Waals surface area contributed by atoms with Gasteiger partial charge in [0.05, 0.1) is 10.0 Å². The Hall–Kier alpha value is -1.82. The molecular weight excluding hydrogens is 343 g/mol. The quantitative estimate of drug-likeness (QED) is 0.824. The summed E-state index contributed by atoms with van der Waals surface area (Å²) in [5, 5.41) is 3.23. The van der Waals surface area contributed by atoms with Gasteiger partial charge >= 0.3 is 0 Å². The molecule has 1 amide bonds. The number of benzene rings is 2. The van der Waals surface area contributed by atoms with Crippen molar-refractivity contribution in [1.82, 2.24) is 5.32 Å². The fourth-order valence-electron chi connectivity index (χ4n) is 1.71. The Labute approximate surface area is 143 Å². The van der Waals surface area contributed by atoms with E-state index < -0.39 is 0 Å². The van der Waals surface area contributed by atoms with E-state index >= 15 is 0 Å². The molecule has 0 aliphatic rings. The monoisotopic (exact) mass is 354 g/mol. The lowest BCUT2D eigenvalue weighted by atomic mass is 10.2. The molecule has 0 radical (unpaired) electrons. The summed E-state index contributed by atoms with van der Waals surface area (Å²) in [6.07, 6.45) is 0. The third-order valence-electron chi connectivity index (χ3n) is 2.72. The topological polar surface area (TPSA) is 64.3 Å². The van der Waals surface area contributed by atoms with Crippen molar-refractivity contribution in [2.45, 2.75) is 6.61 Å². The number of carbonyl (C=O) groups excluding carboxylic acids is 1. The number of nitrogens with one attached hydrogen (secondary N) is 1.